The first kappa shape index (κ1) is 22.1. The standard InChI is InChI=1S/C19H4F10N2/c20-9-7(10(21)14(25)17(28)13(9)24)6-3-5(1-2-30)4-31-19(6)8-11(22)15(26)18(29)16(27)12(8)23/h3-4H,1H2. The monoisotopic (exact) mass is 450 g/mol. The van der Waals surface area contributed by atoms with E-state index in [1.54, 1.807) is 6.07 Å². The van der Waals surface area contributed by atoms with Gasteiger partial charge in [-0.1, -0.05) is 0 Å². The molecule has 2 aromatic carbocycles. The predicted molar refractivity (Wildman–Crippen MR) is 84.0 cm³/mol. The van der Waals surface area contributed by atoms with Crippen molar-refractivity contribution in [2.45, 2.75) is 6.42 Å². The van der Waals surface area contributed by atoms with Gasteiger partial charge in [0.15, 0.2) is 46.5 Å². The molecule has 0 saturated heterocycles. The topological polar surface area (TPSA) is 36.7 Å². The fourth-order valence-corrected chi connectivity index (χ4v) is 2.74. The molecule has 0 saturated carbocycles. The summed E-state index contributed by atoms with van der Waals surface area (Å²) in [6.45, 7) is 0. The molecule has 0 spiro atoms. The largest absolute Gasteiger partial charge is 0.255 e. The van der Waals surface area contributed by atoms with Crippen molar-refractivity contribution in [3.63, 3.8) is 0 Å². The lowest BCUT2D eigenvalue weighted by atomic mass is 9.95. The zero-order valence-corrected chi connectivity index (χ0v) is 14.5. The number of rotatable bonds is 3. The highest BCUT2D eigenvalue weighted by Crippen LogP contribution is 2.40. The lowest BCUT2D eigenvalue weighted by Crippen LogP contribution is -2.09. The third-order valence-corrected chi connectivity index (χ3v) is 4.15. The minimum Gasteiger partial charge on any atom is -0.255 e. The lowest BCUT2D eigenvalue weighted by Gasteiger charge is -2.15. The Morgan fingerprint density at radius 2 is 1.00 bits per heavy atom. The Bertz CT molecular complexity index is 1220. The number of hydrogen-bond donors (Lipinski definition) is 0. The SMILES string of the molecule is N#CCc1cnc(-c2c(F)c(F)c(F)c(F)c2F)c(-c2c(F)c(F)c(F)c(F)c2F)c1. The van der Waals surface area contributed by atoms with E-state index in [9.17, 15) is 43.9 Å². The third-order valence-electron chi connectivity index (χ3n) is 4.15. The summed E-state index contributed by atoms with van der Waals surface area (Å²) < 4.78 is 138. The van der Waals surface area contributed by atoms with E-state index in [-0.39, 0.29) is 5.56 Å². The van der Waals surface area contributed by atoms with Crippen LogP contribution in [0, 0.1) is 69.5 Å². The first-order valence-electron chi connectivity index (χ1n) is 7.92. The van der Waals surface area contributed by atoms with Gasteiger partial charge in [-0.3, -0.25) is 4.98 Å². The number of nitrogens with zero attached hydrogens (tertiary/aromatic N) is 2. The third kappa shape index (κ3) is 3.35. The molecule has 160 valence electrons. The first-order valence-corrected chi connectivity index (χ1v) is 7.92. The molecule has 0 fully saturated rings. The molecule has 0 amide bonds. The van der Waals surface area contributed by atoms with Gasteiger partial charge in [-0.2, -0.15) is 5.26 Å². The summed E-state index contributed by atoms with van der Waals surface area (Å²) in [4.78, 5) is 3.38. The Morgan fingerprint density at radius 1 is 0.613 bits per heavy atom. The van der Waals surface area contributed by atoms with Crippen molar-refractivity contribution in [3.05, 3.63) is 76.0 Å². The summed E-state index contributed by atoms with van der Waals surface area (Å²) in [5.41, 5.74) is -6.21. The Kier molecular flexibility index (Phi) is 5.62. The molecular weight excluding hydrogens is 446 g/mol. The molecule has 3 aromatic rings. The fourth-order valence-electron chi connectivity index (χ4n) is 2.74. The second-order valence-corrected chi connectivity index (χ2v) is 5.96. The molecule has 0 atom stereocenters. The summed E-state index contributed by atoms with van der Waals surface area (Å²) in [6, 6.07) is 2.16. The van der Waals surface area contributed by atoms with Crippen LogP contribution in [0.3, 0.4) is 0 Å². The van der Waals surface area contributed by atoms with Gasteiger partial charge >= 0.3 is 0 Å². The molecule has 2 nitrogen and oxygen atoms in total. The van der Waals surface area contributed by atoms with E-state index >= 15 is 0 Å². The van der Waals surface area contributed by atoms with E-state index in [2.05, 4.69) is 4.98 Å². The summed E-state index contributed by atoms with van der Waals surface area (Å²) in [5.74, 6) is -24.6. The van der Waals surface area contributed by atoms with Crippen molar-refractivity contribution in [2.75, 3.05) is 0 Å². The Balaban J connectivity index is 2.51. The number of benzene rings is 2. The van der Waals surface area contributed by atoms with Crippen LogP contribution in [-0.2, 0) is 6.42 Å². The van der Waals surface area contributed by atoms with Gasteiger partial charge in [0, 0.05) is 11.8 Å². The summed E-state index contributed by atoms with van der Waals surface area (Å²) in [6.07, 6.45) is 0.166. The number of aromatic nitrogens is 1. The van der Waals surface area contributed by atoms with Crippen molar-refractivity contribution in [1.82, 2.24) is 4.98 Å². The van der Waals surface area contributed by atoms with E-state index in [1.165, 1.54) is 0 Å². The maximum Gasteiger partial charge on any atom is 0.200 e. The van der Waals surface area contributed by atoms with Crippen LogP contribution in [0.25, 0.3) is 22.4 Å². The van der Waals surface area contributed by atoms with E-state index in [0.717, 1.165) is 0 Å². The van der Waals surface area contributed by atoms with E-state index in [1.807, 2.05) is 0 Å². The highest BCUT2D eigenvalue weighted by Gasteiger charge is 2.33. The van der Waals surface area contributed by atoms with Crippen LogP contribution in [0.2, 0.25) is 0 Å². The van der Waals surface area contributed by atoms with Gasteiger partial charge in [0.2, 0.25) is 11.6 Å². The first-order chi connectivity index (χ1) is 14.5. The van der Waals surface area contributed by atoms with Crippen LogP contribution in [0.5, 0.6) is 0 Å². The molecule has 0 unspecified atom stereocenters. The van der Waals surface area contributed by atoms with Gasteiger partial charge in [0.25, 0.3) is 0 Å². The second kappa shape index (κ2) is 7.90. The van der Waals surface area contributed by atoms with Gasteiger partial charge in [-0.25, -0.2) is 43.9 Å². The van der Waals surface area contributed by atoms with Gasteiger partial charge in [0.05, 0.1) is 29.3 Å². The van der Waals surface area contributed by atoms with Crippen LogP contribution in [-0.4, -0.2) is 4.98 Å². The molecular formula is C19H4F10N2. The molecule has 1 aromatic heterocycles. The normalized spacial score (nSPS) is 11.0. The Labute approximate surface area is 166 Å². The van der Waals surface area contributed by atoms with Crippen molar-refractivity contribution in [3.8, 4) is 28.5 Å². The molecule has 0 bridgehead atoms. The van der Waals surface area contributed by atoms with Crippen LogP contribution in [0.15, 0.2) is 12.3 Å². The fraction of sp³-hybridized carbons (Fsp3) is 0.0526. The quantitative estimate of drug-likeness (QED) is 0.284. The molecule has 3 rings (SSSR count). The maximum atomic E-state index is 14.3. The van der Waals surface area contributed by atoms with Gasteiger partial charge in [-0.15, -0.1) is 0 Å². The second-order valence-electron chi connectivity index (χ2n) is 5.96. The smallest absolute Gasteiger partial charge is 0.200 e. The van der Waals surface area contributed by atoms with Crippen LogP contribution < -0.4 is 0 Å². The van der Waals surface area contributed by atoms with Crippen LogP contribution in [0.1, 0.15) is 5.56 Å². The zero-order valence-electron chi connectivity index (χ0n) is 14.5. The molecule has 0 radical (unpaired) electrons. The Morgan fingerprint density at radius 3 is 1.42 bits per heavy atom. The molecule has 31 heavy (non-hydrogen) atoms. The average molecular weight is 450 g/mol. The zero-order chi connectivity index (χ0) is 23.2. The van der Waals surface area contributed by atoms with Crippen molar-refractivity contribution in [1.29, 1.82) is 5.26 Å². The van der Waals surface area contributed by atoms with Crippen molar-refractivity contribution < 1.29 is 43.9 Å². The van der Waals surface area contributed by atoms with E-state index in [0.29, 0.717) is 12.3 Å². The average Bonchev–Trinajstić information content (AvgIpc) is 2.75. The Hall–Kier alpha value is -3.62. The van der Waals surface area contributed by atoms with Crippen molar-refractivity contribution >= 4 is 0 Å². The minimum atomic E-state index is -2.54. The van der Waals surface area contributed by atoms with Crippen molar-refractivity contribution in [2.24, 2.45) is 0 Å². The van der Waals surface area contributed by atoms with Crippen LogP contribution >= 0.6 is 0 Å². The van der Waals surface area contributed by atoms with Gasteiger partial charge < -0.3 is 0 Å². The van der Waals surface area contributed by atoms with Gasteiger partial charge in [-0.05, 0) is 11.6 Å². The van der Waals surface area contributed by atoms with Crippen LogP contribution in [0.4, 0.5) is 43.9 Å². The highest BCUT2D eigenvalue weighted by atomic mass is 19.2. The summed E-state index contributed by atoms with van der Waals surface area (Å²) in [5, 5.41) is 8.74. The van der Waals surface area contributed by atoms with E-state index < -0.39 is 87.0 Å². The lowest BCUT2D eigenvalue weighted by molar-refractivity contribution is 0.380. The van der Waals surface area contributed by atoms with Gasteiger partial charge in [0.1, 0.15) is 0 Å². The molecule has 1 heterocycles. The molecule has 0 N–H and O–H groups in total. The molecule has 12 heteroatoms. The number of hydrogen-bond acceptors (Lipinski definition) is 2. The molecule has 0 aliphatic rings. The van der Waals surface area contributed by atoms with E-state index in [4.69, 9.17) is 5.26 Å². The number of pyridine rings is 1. The number of halogens is 10. The molecule has 0 aliphatic carbocycles. The highest BCUT2D eigenvalue weighted by molar-refractivity contribution is 5.82. The predicted octanol–water partition coefficient (Wildman–Crippen LogP) is 5.87. The summed E-state index contributed by atoms with van der Waals surface area (Å²) >= 11 is 0. The summed E-state index contributed by atoms with van der Waals surface area (Å²) in [7, 11) is 0. The number of nitriles is 1. The minimum absolute atomic E-state index is 0.214. The molecule has 0 aliphatic heterocycles. The maximum absolute atomic E-state index is 14.3.